The zero-order chi connectivity index (χ0) is 15.2. The standard InChI is InChI=1S/C18H12N4S/c1-2-6-15-11(4-1)13(8-20-15)16-10-23-18(22-16)14-9-21-17-12(14)5-3-7-19-17/h1-10,20H,(H,19,21). The molecule has 0 atom stereocenters. The van der Waals surface area contributed by atoms with Crippen molar-refractivity contribution in [3.63, 3.8) is 0 Å². The highest BCUT2D eigenvalue weighted by Gasteiger charge is 2.13. The van der Waals surface area contributed by atoms with Crippen LogP contribution in [-0.4, -0.2) is 19.9 Å². The summed E-state index contributed by atoms with van der Waals surface area (Å²) >= 11 is 1.66. The van der Waals surface area contributed by atoms with Crippen LogP contribution in [0.5, 0.6) is 0 Å². The number of nitrogens with one attached hydrogen (secondary N) is 2. The molecule has 1 aromatic carbocycles. The number of pyridine rings is 1. The zero-order valence-corrected chi connectivity index (χ0v) is 12.9. The Labute approximate surface area is 135 Å². The van der Waals surface area contributed by atoms with E-state index in [2.05, 4.69) is 44.6 Å². The number of H-pyrrole nitrogens is 2. The molecule has 4 nitrogen and oxygen atoms in total. The molecule has 0 saturated carbocycles. The summed E-state index contributed by atoms with van der Waals surface area (Å²) in [5, 5.41) is 5.42. The minimum atomic E-state index is 0.895. The quantitative estimate of drug-likeness (QED) is 0.490. The SMILES string of the molecule is c1ccc2c(-c3csc(-c4c[nH]c5ncccc45)n3)c[nH]c2c1. The fourth-order valence-corrected chi connectivity index (χ4v) is 3.79. The highest BCUT2D eigenvalue weighted by atomic mass is 32.1. The van der Waals surface area contributed by atoms with E-state index < -0.39 is 0 Å². The lowest BCUT2D eigenvalue weighted by Crippen LogP contribution is -1.78. The van der Waals surface area contributed by atoms with Crippen molar-refractivity contribution in [2.24, 2.45) is 0 Å². The fraction of sp³-hybridized carbons (Fsp3) is 0. The van der Waals surface area contributed by atoms with Gasteiger partial charge in [-0.05, 0) is 18.2 Å². The normalized spacial score (nSPS) is 11.5. The number of hydrogen-bond acceptors (Lipinski definition) is 3. The average molecular weight is 316 g/mol. The van der Waals surface area contributed by atoms with Crippen LogP contribution in [0.1, 0.15) is 0 Å². The second-order valence-electron chi connectivity index (χ2n) is 5.39. The van der Waals surface area contributed by atoms with Gasteiger partial charge in [-0.25, -0.2) is 9.97 Å². The number of para-hydroxylation sites is 1. The van der Waals surface area contributed by atoms with Crippen molar-refractivity contribution in [2.75, 3.05) is 0 Å². The van der Waals surface area contributed by atoms with E-state index in [1.807, 2.05) is 24.5 Å². The van der Waals surface area contributed by atoms with Crippen LogP contribution < -0.4 is 0 Å². The number of benzene rings is 1. The first-order chi connectivity index (χ1) is 11.4. The van der Waals surface area contributed by atoms with Crippen LogP contribution >= 0.6 is 11.3 Å². The molecule has 0 aliphatic carbocycles. The molecule has 4 heterocycles. The van der Waals surface area contributed by atoms with Gasteiger partial charge in [0.05, 0.1) is 5.69 Å². The van der Waals surface area contributed by atoms with E-state index in [0.29, 0.717) is 0 Å². The van der Waals surface area contributed by atoms with Crippen LogP contribution in [0, 0.1) is 0 Å². The molecule has 4 aromatic heterocycles. The number of thiazole rings is 1. The fourth-order valence-electron chi connectivity index (χ4n) is 2.94. The van der Waals surface area contributed by atoms with Crippen LogP contribution in [0.25, 0.3) is 43.8 Å². The average Bonchev–Trinajstić information content (AvgIpc) is 3.31. The monoisotopic (exact) mass is 316 g/mol. The number of fused-ring (bicyclic) bond motifs is 2. The number of rotatable bonds is 2. The highest BCUT2D eigenvalue weighted by Crippen LogP contribution is 2.35. The van der Waals surface area contributed by atoms with Gasteiger partial charge >= 0.3 is 0 Å². The molecule has 5 heteroatoms. The number of nitrogens with zero attached hydrogens (tertiary/aromatic N) is 2. The van der Waals surface area contributed by atoms with E-state index in [1.54, 1.807) is 17.5 Å². The zero-order valence-electron chi connectivity index (χ0n) is 12.1. The molecular formula is C18H12N4S. The Morgan fingerprint density at radius 1 is 0.870 bits per heavy atom. The van der Waals surface area contributed by atoms with E-state index in [9.17, 15) is 0 Å². The van der Waals surface area contributed by atoms with Crippen molar-refractivity contribution in [3.05, 3.63) is 60.4 Å². The minimum absolute atomic E-state index is 0.895. The van der Waals surface area contributed by atoms with Crippen molar-refractivity contribution in [2.45, 2.75) is 0 Å². The van der Waals surface area contributed by atoms with E-state index in [0.717, 1.165) is 38.4 Å². The van der Waals surface area contributed by atoms with Crippen LogP contribution in [0.2, 0.25) is 0 Å². The Morgan fingerprint density at radius 2 is 1.74 bits per heavy atom. The Bertz CT molecular complexity index is 1040. The number of aromatic amines is 2. The predicted molar refractivity (Wildman–Crippen MR) is 94.5 cm³/mol. The first-order valence-electron chi connectivity index (χ1n) is 7.34. The molecule has 0 amide bonds. The summed E-state index contributed by atoms with van der Waals surface area (Å²) in [4.78, 5) is 15.7. The maximum atomic E-state index is 4.85. The van der Waals surface area contributed by atoms with Crippen molar-refractivity contribution < 1.29 is 0 Å². The Kier molecular flexibility index (Phi) is 2.63. The molecule has 2 N–H and O–H groups in total. The molecule has 5 rings (SSSR count). The summed E-state index contributed by atoms with van der Waals surface area (Å²) in [6, 6.07) is 12.3. The van der Waals surface area contributed by atoms with Crippen LogP contribution in [0.3, 0.4) is 0 Å². The summed E-state index contributed by atoms with van der Waals surface area (Å²) in [5.41, 5.74) is 5.27. The number of hydrogen-bond donors (Lipinski definition) is 2. The molecule has 23 heavy (non-hydrogen) atoms. The van der Waals surface area contributed by atoms with Gasteiger partial charge in [0.1, 0.15) is 10.7 Å². The largest absolute Gasteiger partial charge is 0.360 e. The summed E-state index contributed by atoms with van der Waals surface area (Å²) in [5.74, 6) is 0. The van der Waals surface area contributed by atoms with Crippen molar-refractivity contribution in [1.82, 2.24) is 19.9 Å². The van der Waals surface area contributed by atoms with Gasteiger partial charge in [-0.15, -0.1) is 11.3 Å². The van der Waals surface area contributed by atoms with Crippen LogP contribution in [0.15, 0.2) is 60.4 Å². The van der Waals surface area contributed by atoms with Gasteiger partial charge in [-0.1, -0.05) is 18.2 Å². The summed E-state index contributed by atoms with van der Waals surface area (Å²) < 4.78 is 0. The van der Waals surface area contributed by atoms with Crippen LogP contribution in [0.4, 0.5) is 0 Å². The van der Waals surface area contributed by atoms with Gasteiger partial charge in [-0.3, -0.25) is 0 Å². The van der Waals surface area contributed by atoms with Gasteiger partial charge in [-0.2, -0.15) is 0 Å². The summed E-state index contributed by atoms with van der Waals surface area (Å²) in [6.07, 6.45) is 5.80. The molecule has 110 valence electrons. The lowest BCUT2D eigenvalue weighted by atomic mass is 10.1. The van der Waals surface area contributed by atoms with Gasteiger partial charge in [0.25, 0.3) is 0 Å². The second kappa shape index (κ2) is 4.79. The maximum Gasteiger partial charge on any atom is 0.137 e. The molecule has 0 bridgehead atoms. The van der Waals surface area contributed by atoms with Crippen molar-refractivity contribution in [1.29, 1.82) is 0 Å². The van der Waals surface area contributed by atoms with Gasteiger partial charge in [0.15, 0.2) is 0 Å². The lowest BCUT2D eigenvalue weighted by Gasteiger charge is -1.95. The minimum Gasteiger partial charge on any atom is -0.360 e. The summed E-state index contributed by atoms with van der Waals surface area (Å²) in [7, 11) is 0. The summed E-state index contributed by atoms with van der Waals surface area (Å²) in [6.45, 7) is 0. The molecule has 0 aliphatic heterocycles. The third kappa shape index (κ3) is 1.90. The van der Waals surface area contributed by atoms with Gasteiger partial charge in [0.2, 0.25) is 0 Å². The van der Waals surface area contributed by atoms with Gasteiger partial charge in [0, 0.05) is 51.4 Å². The molecule has 0 radical (unpaired) electrons. The molecule has 5 aromatic rings. The Balaban J connectivity index is 1.66. The van der Waals surface area contributed by atoms with Crippen LogP contribution in [-0.2, 0) is 0 Å². The Morgan fingerprint density at radius 3 is 2.74 bits per heavy atom. The Hall–Kier alpha value is -2.92. The number of aromatic nitrogens is 4. The third-order valence-electron chi connectivity index (χ3n) is 4.05. The lowest BCUT2D eigenvalue weighted by molar-refractivity contribution is 1.32. The topological polar surface area (TPSA) is 57.4 Å². The molecule has 0 fully saturated rings. The van der Waals surface area contributed by atoms with E-state index in [-0.39, 0.29) is 0 Å². The molecule has 0 aliphatic rings. The molecule has 0 spiro atoms. The second-order valence-corrected chi connectivity index (χ2v) is 6.25. The van der Waals surface area contributed by atoms with Crippen molar-refractivity contribution in [3.8, 4) is 21.8 Å². The molecule has 0 unspecified atom stereocenters. The van der Waals surface area contributed by atoms with E-state index in [4.69, 9.17) is 4.98 Å². The maximum absolute atomic E-state index is 4.85. The first kappa shape index (κ1) is 12.6. The van der Waals surface area contributed by atoms with Crippen molar-refractivity contribution >= 4 is 33.3 Å². The van der Waals surface area contributed by atoms with E-state index in [1.165, 1.54) is 5.39 Å². The highest BCUT2D eigenvalue weighted by molar-refractivity contribution is 7.13. The third-order valence-corrected chi connectivity index (χ3v) is 4.93. The smallest absolute Gasteiger partial charge is 0.137 e. The molecule has 0 saturated heterocycles. The van der Waals surface area contributed by atoms with E-state index >= 15 is 0 Å². The van der Waals surface area contributed by atoms with Gasteiger partial charge < -0.3 is 9.97 Å². The first-order valence-corrected chi connectivity index (χ1v) is 8.22. The predicted octanol–water partition coefficient (Wildman–Crippen LogP) is 4.83. The molecular weight excluding hydrogens is 304 g/mol.